The zero-order valence-corrected chi connectivity index (χ0v) is 8.17. The predicted molar refractivity (Wildman–Crippen MR) is 50.3 cm³/mol. The van der Waals surface area contributed by atoms with Crippen molar-refractivity contribution >= 4 is 12.2 Å². The topological polar surface area (TPSA) is 51.4 Å². The Labute approximate surface area is 80.0 Å². The fourth-order valence-electron chi connectivity index (χ4n) is 1.24. The summed E-state index contributed by atoms with van der Waals surface area (Å²) < 4.78 is 4.12. The van der Waals surface area contributed by atoms with E-state index in [0.29, 0.717) is 4.77 Å². The lowest BCUT2D eigenvalue weighted by molar-refractivity contribution is 0.756. The van der Waals surface area contributed by atoms with Gasteiger partial charge in [0.15, 0.2) is 4.77 Å². The number of H-pyrrole nitrogens is 1. The molecule has 0 atom stereocenters. The normalized spacial score (nSPS) is 10.6. The summed E-state index contributed by atoms with van der Waals surface area (Å²) in [6.45, 7) is 1.93. The first kappa shape index (κ1) is 8.18. The minimum atomic E-state index is 0.580. The molecule has 0 aliphatic rings. The maximum atomic E-state index is 5.04. The van der Waals surface area contributed by atoms with Crippen molar-refractivity contribution in [3.8, 4) is 5.69 Å². The zero-order chi connectivity index (χ0) is 9.42. The summed E-state index contributed by atoms with van der Waals surface area (Å²) in [7, 11) is 1.88. The zero-order valence-electron chi connectivity index (χ0n) is 7.35. The summed E-state index contributed by atoms with van der Waals surface area (Å²) in [5.74, 6) is 0. The molecular weight excluding hydrogens is 186 g/mol. The van der Waals surface area contributed by atoms with Gasteiger partial charge in [-0.3, -0.25) is 14.3 Å². The van der Waals surface area contributed by atoms with Crippen molar-refractivity contribution in [3.63, 3.8) is 0 Å². The Bertz CT molecular complexity index is 477. The Morgan fingerprint density at radius 2 is 2.31 bits per heavy atom. The van der Waals surface area contributed by atoms with E-state index in [1.807, 2.05) is 20.2 Å². The van der Waals surface area contributed by atoms with E-state index in [1.165, 1.54) is 0 Å². The molecule has 2 heterocycles. The SMILES string of the molecule is Cc1nn(C)cc1-n1cn[nH]c1=S. The largest absolute Gasteiger partial charge is 0.273 e. The quantitative estimate of drug-likeness (QED) is 0.690. The first-order valence-corrected chi connectivity index (χ1v) is 4.22. The van der Waals surface area contributed by atoms with Gasteiger partial charge in [0, 0.05) is 13.2 Å². The molecule has 0 saturated carbocycles. The second-order valence-corrected chi connectivity index (χ2v) is 3.19. The van der Waals surface area contributed by atoms with Crippen molar-refractivity contribution in [1.82, 2.24) is 24.5 Å². The Kier molecular flexibility index (Phi) is 1.77. The highest BCUT2D eigenvalue weighted by Gasteiger charge is 2.05. The molecule has 13 heavy (non-hydrogen) atoms. The number of aryl methyl sites for hydroxylation is 2. The molecule has 2 aromatic rings. The molecule has 6 heteroatoms. The van der Waals surface area contributed by atoms with Gasteiger partial charge in [-0.15, -0.1) is 0 Å². The molecule has 2 aromatic heterocycles. The van der Waals surface area contributed by atoms with Crippen molar-refractivity contribution in [2.75, 3.05) is 0 Å². The summed E-state index contributed by atoms with van der Waals surface area (Å²) in [5.41, 5.74) is 1.89. The minimum Gasteiger partial charge on any atom is -0.273 e. The van der Waals surface area contributed by atoms with E-state index in [0.717, 1.165) is 11.4 Å². The van der Waals surface area contributed by atoms with Gasteiger partial charge in [0.1, 0.15) is 6.33 Å². The van der Waals surface area contributed by atoms with E-state index < -0.39 is 0 Å². The van der Waals surface area contributed by atoms with Gasteiger partial charge in [-0.05, 0) is 19.1 Å². The van der Waals surface area contributed by atoms with E-state index in [2.05, 4.69) is 15.3 Å². The highest BCUT2D eigenvalue weighted by Crippen LogP contribution is 2.10. The second kappa shape index (κ2) is 2.81. The molecule has 0 radical (unpaired) electrons. The van der Waals surface area contributed by atoms with Crippen LogP contribution in [-0.4, -0.2) is 24.5 Å². The van der Waals surface area contributed by atoms with E-state index in [-0.39, 0.29) is 0 Å². The minimum absolute atomic E-state index is 0.580. The number of aromatic amines is 1. The molecule has 0 spiro atoms. The highest BCUT2D eigenvalue weighted by molar-refractivity contribution is 7.71. The summed E-state index contributed by atoms with van der Waals surface area (Å²) >= 11 is 5.04. The standard InChI is InChI=1S/C7H9N5S/c1-5-6(3-11(2)10-5)12-4-8-9-7(12)13/h3-4H,1-2H3,(H,9,13). The van der Waals surface area contributed by atoms with Crippen molar-refractivity contribution < 1.29 is 0 Å². The third kappa shape index (κ3) is 1.29. The van der Waals surface area contributed by atoms with Gasteiger partial charge < -0.3 is 0 Å². The average Bonchev–Trinajstić information content (AvgIpc) is 2.58. The van der Waals surface area contributed by atoms with E-state index >= 15 is 0 Å². The van der Waals surface area contributed by atoms with Crippen molar-refractivity contribution in [3.05, 3.63) is 23.0 Å². The van der Waals surface area contributed by atoms with Crippen LogP contribution in [0.3, 0.4) is 0 Å². The molecule has 68 valence electrons. The van der Waals surface area contributed by atoms with Crippen LogP contribution in [0.1, 0.15) is 5.69 Å². The molecule has 0 aliphatic carbocycles. The van der Waals surface area contributed by atoms with Crippen LogP contribution in [0.25, 0.3) is 5.69 Å². The molecule has 5 nitrogen and oxygen atoms in total. The predicted octanol–water partition coefficient (Wildman–Crippen LogP) is 0.972. The fraction of sp³-hybridized carbons (Fsp3) is 0.286. The molecule has 0 bridgehead atoms. The summed E-state index contributed by atoms with van der Waals surface area (Å²) in [5, 5.41) is 10.8. The first-order chi connectivity index (χ1) is 6.18. The lowest BCUT2D eigenvalue weighted by atomic mass is 10.4. The van der Waals surface area contributed by atoms with Crippen LogP contribution in [0.5, 0.6) is 0 Å². The smallest absolute Gasteiger partial charge is 0.199 e. The van der Waals surface area contributed by atoms with Crippen LogP contribution >= 0.6 is 12.2 Å². The molecule has 0 unspecified atom stereocenters. The van der Waals surface area contributed by atoms with Gasteiger partial charge in [-0.1, -0.05) is 0 Å². The maximum absolute atomic E-state index is 5.04. The second-order valence-electron chi connectivity index (χ2n) is 2.80. The van der Waals surface area contributed by atoms with Gasteiger partial charge in [0.25, 0.3) is 0 Å². The number of aromatic nitrogens is 5. The molecule has 0 aromatic carbocycles. The van der Waals surface area contributed by atoms with Crippen LogP contribution in [0.15, 0.2) is 12.5 Å². The van der Waals surface area contributed by atoms with Crippen LogP contribution in [0, 0.1) is 11.7 Å². The fourth-order valence-corrected chi connectivity index (χ4v) is 1.44. The van der Waals surface area contributed by atoms with Crippen LogP contribution in [0.4, 0.5) is 0 Å². The highest BCUT2D eigenvalue weighted by atomic mass is 32.1. The molecule has 1 N–H and O–H groups in total. The summed E-state index contributed by atoms with van der Waals surface area (Å²) in [4.78, 5) is 0. The summed E-state index contributed by atoms with van der Waals surface area (Å²) in [6, 6.07) is 0. The van der Waals surface area contributed by atoms with Gasteiger partial charge >= 0.3 is 0 Å². The van der Waals surface area contributed by atoms with Crippen LogP contribution in [-0.2, 0) is 7.05 Å². The average molecular weight is 195 g/mol. The number of hydrogen-bond acceptors (Lipinski definition) is 3. The Morgan fingerprint density at radius 1 is 1.54 bits per heavy atom. The molecule has 2 rings (SSSR count). The van der Waals surface area contributed by atoms with E-state index in [1.54, 1.807) is 15.6 Å². The van der Waals surface area contributed by atoms with E-state index in [9.17, 15) is 0 Å². The van der Waals surface area contributed by atoms with Gasteiger partial charge in [0.05, 0.1) is 11.4 Å². The lowest BCUT2D eigenvalue weighted by Gasteiger charge is -1.95. The first-order valence-electron chi connectivity index (χ1n) is 3.81. The van der Waals surface area contributed by atoms with Crippen molar-refractivity contribution in [2.24, 2.45) is 7.05 Å². The molecule has 0 saturated heterocycles. The number of rotatable bonds is 1. The molecule has 0 aliphatic heterocycles. The number of nitrogens with zero attached hydrogens (tertiary/aromatic N) is 4. The van der Waals surface area contributed by atoms with Crippen molar-refractivity contribution in [2.45, 2.75) is 6.92 Å². The third-order valence-corrected chi connectivity index (χ3v) is 2.09. The molecule has 0 amide bonds. The Morgan fingerprint density at radius 3 is 2.77 bits per heavy atom. The molecular formula is C7H9N5S. The third-order valence-electron chi connectivity index (χ3n) is 1.80. The summed E-state index contributed by atoms with van der Waals surface area (Å²) in [6.07, 6.45) is 3.55. The van der Waals surface area contributed by atoms with Crippen molar-refractivity contribution in [1.29, 1.82) is 0 Å². The Balaban J connectivity index is 2.65. The van der Waals surface area contributed by atoms with Gasteiger partial charge in [-0.25, -0.2) is 0 Å². The monoisotopic (exact) mass is 195 g/mol. The van der Waals surface area contributed by atoms with Gasteiger partial charge in [-0.2, -0.15) is 10.2 Å². The van der Waals surface area contributed by atoms with Gasteiger partial charge in [0.2, 0.25) is 0 Å². The van der Waals surface area contributed by atoms with Crippen LogP contribution < -0.4 is 0 Å². The number of hydrogen-bond donors (Lipinski definition) is 1. The lowest BCUT2D eigenvalue weighted by Crippen LogP contribution is -1.92. The Hall–Kier alpha value is -1.43. The van der Waals surface area contributed by atoms with E-state index in [4.69, 9.17) is 12.2 Å². The van der Waals surface area contributed by atoms with Crippen LogP contribution in [0.2, 0.25) is 0 Å². The maximum Gasteiger partial charge on any atom is 0.199 e. The molecule has 0 fully saturated rings. The number of nitrogens with one attached hydrogen (secondary N) is 1.